The van der Waals surface area contributed by atoms with Gasteiger partial charge >= 0.3 is 0 Å². The predicted octanol–water partition coefficient (Wildman–Crippen LogP) is 0.981. The zero-order chi connectivity index (χ0) is 13.8. The lowest BCUT2D eigenvalue weighted by Gasteiger charge is -2.39. The number of amides is 1. The first-order valence-corrected chi connectivity index (χ1v) is 7.35. The summed E-state index contributed by atoms with van der Waals surface area (Å²) in [5, 5.41) is 3.37. The van der Waals surface area contributed by atoms with Crippen molar-refractivity contribution in [1.29, 1.82) is 0 Å². The number of carbonyl (C=O) groups excluding carboxylic acids is 1. The molecule has 0 saturated carbocycles. The number of nitrogens with zero attached hydrogens (tertiary/aromatic N) is 2. The fraction of sp³-hybridized carbons (Fsp3) is 0.600. The maximum absolute atomic E-state index is 12.7. The predicted molar refractivity (Wildman–Crippen MR) is 75.1 cm³/mol. The number of ether oxygens (including phenoxy) is 1. The zero-order valence-corrected chi connectivity index (χ0v) is 11.6. The lowest BCUT2D eigenvalue weighted by atomic mass is 9.97. The van der Waals surface area contributed by atoms with Gasteiger partial charge in [0, 0.05) is 38.6 Å². The molecule has 1 aromatic heterocycles. The molecule has 2 aliphatic heterocycles. The number of rotatable bonds is 2. The first kappa shape index (κ1) is 13.5. The molecule has 0 bridgehead atoms. The number of nitrogens with one attached hydrogen (secondary N) is 1. The zero-order valence-electron chi connectivity index (χ0n) is 11.6. The Morgan fingerprint density at radius 1 is 1.50 bits per heavy atom. The minimum absolute atomic E-state index is 0.0287. The van der Waals surface area contributed by atoms with Gasteiger partial charge in [-0.25, -0.2) is 0 Å². The van der Waals surface area contributed by atoms with E-state index in [1.54, 1.807) is 6.20 Å². The third-order valence-corrected chi connectivity index (χ3v) is 4.11. The average molecular weight is 275 g/mol. The molecule has 1 N–H and O–H groups in total. The van der Waals surface area contributed by atoms with E-state index in [4.69, 9.17) is 4.74 Å². The summed E-state index contributed by atoms with van der Waals surface area (Å²) in [4.78, 5) is 18.9. The van der Waals surface area contributed by atoms with Crippen LogP contribution in [0.15, 0.2) is 24.5 Å². The Morgan fingerprint density at radius 2 is 2.45 bits per heavy atom. The van der Waals surface area contributed by atoms with Crippen LogP contribution in [0.4, 0.5) is 0 Å². The van der Waals surface area contributed by atoms with Crippen LogP contribution in [0.25, 0.3) is 0 Å². The fourth-order valence-corrected chi connectivity index (χ4v) is 3.01. The van der Waals surface area contributed by atoms with Crippen LogP contribution >= 0.6 is 0 Å². The second-order valence-electron chi connectivity index (χ2n) is 5.45. The van der Waals surface area contributed by atoms with Crippen molar-refractivity contribution in [3.63, 3.8) is 0 Å². The molecular formula is C15H21N3O2. The number of carbonyl (C=O) groups is 1. The highest BCUT2D eigenvalue weighted by Gasteiger charge is 2.33. The van der Waals surface area contributed by atoms with Crippen LogP contribution in [0.5, 0.6) is 0 Å². The first-order valence-electron chi connectivity index (χ1n) is 7.35. The lowest BCUT2D eigenvalue weighted by Crippen LogP contribution is -2.51. The van der Waals surface area contributed by atoms with Crippen molar-refractivity contribution >= 4 is 5.91 Å². The third kappa shape index (κ3) is 2.83. The summed E-state index contributed by atoms with van der Waals surface area (Å²) >= 11 is 0. The molecule has 20 heavy (non-hydrogen) atoms. The van der Waals surface area contributed by atoms with Gasteiger partial charge in [-0.2, -0.15) is 0 Å². The summed E-state index contributed by atoms with van der Waals surface area (Å²) in [5.74, 6) is 0.265. The van der Waals surface area contributed by atoms with E-state index in [0.717, 1.165) is 44.6 Å². The molecule has 0 radical (unpaired) electrons. The molecule has 0 aliphatic carbocycles. The van der Waals surface area contributed by atoms with Gasteiger partial charge in [-0.3, -0.25) is 9.78 Å². The summed E-state index contributed by atoms with van der Waals surface area (Å²) < 4.78 is 5.46. The Bertz CT molecular complexity index is 446. The van der Waals surface area contributed by atoms with Gasteiger partial charge in [0.15, 0.2) is 0 Å². The van der Waals surface area contributed by atoms with E-state index in [-0.39, 0.29) is 17.9 Å². The molecule has 108 valence electrons. The third-order valence-electron chi connectivity index (χ3n) is 4.11. The Morgan fingerprint density at radius 3 is 3.20 bits per heavy atom. The quantitative estimate of drug-likeness (QED) is 0.874. The Hall–Kier alpha value is -1.46. The van der Waals surface area contributed by atoms with Gasteiger partial charge in [0.25, 0.3) is 0 Å². The topological polar surface area (TPSA) is 54.5 Å². The van der Waals surface area contributed by atoms with Crippen LogP contribution in [0.3, 0.4) is 0 Å². The van der Waals surface area contributed by atoms with Crippen molar-refractivity contribution in [1.82, 2.24) is 15.2 Å². The summed E-state index contributed by atoms with van der Waals surface area (Å²) in [7, 11) is 0. The maximum atomic E-state index is 12.7. The number of hydrogen-bond acceptors (Lipinski definition) is 4. The normalized spacial score (nSPS) is 27.3. The summed E-state index contributed by atoms with van der Waals surface area (Å²) in [5.41, 5.74) is 1.10. The molecule has 2 atom stereocenters. The van der Waals surface area contributed by atoms with Gasteiger partial charge in [-0.15, -0.1) is 0 Å². The molecule has 0 spiro atoms. The molecule has 1 aromatic rings. The second-order valence-corrected chi connectivity index (χ2v) is 5.45. The van der Waals surface area contributed by atoms with Crippen LogP contribution in [0.2, 0.25) is 0 Å². The van der Waals surface area contributed by atoms with Gasteiger partial charge < -0.3 is 15.0 Å². The van der Waals surface area contributed by atoms with Crippen LogP contribution < -0.4 is 5.32 Å². The Kier molecular flexibility index (Phi) is 4.28. The van der Waals surface area contributed by atoms with Crippen molar-refractivity contribution in [3.8, 4) is 0 Å². The summed E-state index contributed by atoms with van der Waals surface area (Å²) in [6.45, 7) is 3.77. The van der Waals surface area contributed by atoms with E-state index in [1.807, 2.05) is 23.2 Å². The fourth-order valence-electron chi connectivity index (χ4n) is 3.01. The summed E-state index contributed by atoms with van der Waals surface area (Å²) in [6.07, 6.45) is 5.55. The lowest BCUT2D eigenvalue weighted by molar-refractivity contribution is -0.143. The highest BCUT2D eigenvalue weighted by Crippen LogP contribution is 2.25. The minimum Gasteiger partial charge on any atom is -0.381 e. The SMILES string of the molecule is O=C(C1CCCOC1)N1CCNCC1c1cccnc1. The van der Waals surface area contributed by atoms with Gasteiger partial charge in [0.05, 0.1) is 18.6 Å². The van der Waals surface area contributed by atoms with Crippen molar-refractivity contribution in [2.24, 2.45) is 5.92 Å². The van der Waals surface area contributed by atoms with Crippen molar-refractivity contribution in [2.75, 3.05) is 32.8 Å². The highest BCUT2D eigenvalue weighted by molar-refractivity contribution is 5.79. The molecule has 2 fully saturated rings. The van der Waals surface area contributed by atoms with E-state index in [1.165, 1.54) is 0 Å². The van der Waals surface area contributed by atoms with Crippen LogP contribution in [-0.2, 0) is 9.53 Å². The number of hydrogen-bond donors (Lipinski definition) is 1. The van der Waals surface area contributed by atoms with Gasteiger partial charge in [0.1, 0.15) is 0 Å². The van der Waals surface area contributed by atoms with E-state index in [9.17, 15) is 4.79 Å². The van der Waals surface area contributed by atoms with E-state index in [0.29, 0.717) is 6.61 Å². The van der Waals surface area contributed by atoms with Crippen molar-refractivity contribution in [2.45, 2.75) is 18.9 Å². The molecule has 2 aliphatic rings. The first-order chi connectivity index (χ1) is 9.86. The molecule has 3 rings (SSSR count). The van der Waals surface area contributed by atoms with Gasteiger partial charge in [0.2, 0.25) is 5.91 Å². The van der Waals surface area contributed by atoms with Crippen LogP contribution in [0, 0.1) is 5.92 Å². The summed E-state index contributed by atoms with van der Waals surface area (Å²) in [6, 6.07) is 4.06. The van der Waals surface area contributed by atoms with Gasteiger partial charge in [-0.1, -0.05) is 6.07 Å². The highest BCUT2D eigenvalue weighted by atomic mass is 16.5. The number of piperazine rings is 1. The molecular weight excluding hydrogens is 254 g/mol. The molecule has 1 amide bonds. The Labute approximate surface area is 119 Å². The molecule has 5 nitrogen and oxygen atoms in total. The molecule has 0 aromatic carbocycles. The van der Waals surface area contributed by atoms with Crippen LogP contribution in [-0.4, -0.2) is 48.6 Å². The van der Waals surface area contributed by atoms with Gasteiger partial charge in [-0.05, 0) is 24.5 Å². The standard InChI is InChI=1S/C15H21N3O2/c19-15(13-4-2-8-20-11-13)18-7-6-17-10-14(18)12-3-1-5-16-9-12/h1,3,5,9,13-14,17H,2,4,6-8,10-11H2. The van der Waals surface area contributed by atoms with Crippen molar-refractivity contribution in [3.05, 3.63) is 30.1 Å². The largest absolute Gasteiger partial charge is 0.381 e. The second kappa shape index (κ2) is 6.33. The number of aromatic nitrogens is 1. The molecule has 2 saturated heterocycles. The minimum atomic E-state index is 0.0287. The van der Waals surface area contributed by atoms with E-state index >= 15 is 0 Å². The maximum Gasteiger partial charge on any atom is 0.228 e. The Balaban J connectivity index is 1.76. The molecule has 5 heteroatoms. The van der Waals surface area contributed by atoms with E-state index in [2.05, 4.69) is 10.3 Å². The van der Waals surface area contributed by atoms with Crippen LogP contribution in [0.1, 0.15) is 24.4 Å². The number of pyridine rings is 1. The smallest absolute Gasteiger partial charge is 0.228 e. The average Bonchev–Trinajstić information content (AvgIpc) is 2.56. The molecule has 3 heterocycles. The van der Waals surface area contributed by atoms with Crippen molar-refractivity contribution < 1.29 is 9.53 Å². The van der Waals surface area contributed by atoms with E-state index < -0.39 is 0 Å². The molecule has 2 unspecified atom stereocenters. The monoisotopic (exact) mass is 275 g/mol.